The summed E-state index contributed by atoms with van der Waals surface area (Å²) in [6, 6.07) is 2.75. The minimum atomic E-state index is -4.57. The molecule has 8 heteroatoms. The fraction of sp³-hybridized carbons (Fsp3) is 0.571. The first-order valence-electron chi connectivity index (χ1n) is 7.02. The Morgan fingerprint density at radius 3 is 2.59 bits per heavy atom. The van der Waals surface area contributed by atoms with Crippen LogP contribution in [-0.2, 0) is 16.2 Å². The summed E-state index contributed by atoms with van der Waals surface area (Å²) in [4.78, 5) is -0.358. The molecular formula is C14H19F3N2O2S. The number of hydrogen-bond donors (Lipinski definition) is 2. The monoisotopic (exact) mass is 336 g/mol. The number of alkyl halides is 3. The zero-order valence-corrected chi connectivity index (χ0v) is 13.2. The molecule has 0 saturated carbocycles. The van der Waals surface area contributed by atoms with E-state index in [1.165, 1.54) is 19.1 Å². The third kappa shape index (κ3) is 3.80. The van der Waals surface area contributed by atoms with E-state index in [0.717, 1.165) is 13.0 Å². The Hall–Kier alpha value is -1.12. The minimum Gasteiger partial charge on any atom is -0.315 e. The summed E-state index contributed by atoms with van der Waals surface area (Å²) >= 11 is 0. The molecule has 1 aliphatic rings. The van der Waals surface area contributed by atoms with Gasteiger partial charge in [0.1, 0.15) is 0 Å². The van der Waals surface area contributed by atoms with E-state index >= 15 is 0 Å². The largest absolute Gasteiger partial charge is 0.416 e. The molecule has 0 spiro atoms. The number of hydrogen-bond acceptors (Lipinski definition) is 3. The van der Waals surface area contributed by atoms with E-state index in [2.05, 4.69) is 10.0 Å². The first-order valence-corrected chi connectivity index (χ1v) is 8.50. The van der Waals surface area contributed by atoms with Gasteiger partial charge in [-0.05, 0) is 43.5 Å². The predicted octanol–water partition coefficient (Wildman–Crippen LogP) is 2.29. The first kappa shape index (κ1) is 17.2. The van der Waals surface area contributed by atoms with Crippen LogP contribution in [0.4, 0.5) is 13.2 Å². The van der Waals surface area contributed by atoms with Crippen LogP contribution in [-0.4, -0.2) is 27.5 Å². The van der Waals surface area contributed by atoms with Gasteiger partial charge >= 0.3 is 6.18 Å². The maximum Gasteiger partial charge on any atom is 0.416 e. The second-order valence-corrected chi connectivity index (χ2v) is 7.39. The number of nitrogens with one attached hydrogen (secondary N) is 2. The van der Waals surface area contributed by atoms with Crippen molar-refractivity contribution in [2.75, 3.05) is 13.1 Å². The van der Waals surface area contributed by atoms with E-state index in [0.29, 0.717) is 12.6 Å². The van der Waals surface area contributed by atoms with Crippen molar-refractivity contribution >= 4 is 10.0 Å². The van der Waals surface area contributed by atoms with Crippen molar-refractivity contribution in [3.8, 4) is 0 Å². The average Bonchev–Trinajstić information content (AvgIpc) is 2.40. The van der Waals surface area contributed by atoms with Crippen LogP contribution in [0.25, 0.3) is 0 Å². The number of aryl methyl sites for hydroxylation is 1. The topological polar surface area (TPSA) is 58.2 Å². The molecule has 1 heterocycles. The second-order valence-electron chi connectivity index (χ2n) is 5.67. The van der Waals surface area contributed by atoms with E-state index in [-0.39, 0.29) is 22.4 Å². The van der Waals surface area contributed by atoms with Crippen LogP contribution in [0.1, 0.15) is 24.5 Å². The molecule has 1 aliphatic heterocycles. The quantitative estimate of drug-likeness (QED) is 0.890. The van der Waals surface area contributed by atoms with Crippen LogP contribution in [0.5, 0.6) is 0 Å². The molecule has 1 aromatic carbocycles. The van der Waals surface area contributed by atoms with Gasteiger partial charge in [0.15, 0.2) is 0 Å². The molecule has 2 N–H and O–H groups in total. The van der Waals surface area contributed by atoms with Gasteiger partial charge in [0.2, 0.25) is 10.0 Å². The molecular weight excluding hydrogens is 317 g/mol. The van der Waals surface area contributed by atoms with Gasteiger partial charge in [-0.2, -0.15) is 13.2 Å². The Morgan fingerprint density at radius 2 is 2.00 bits per heavy atom. The summed E-state index contributed by atoms with van der Waals surface area (Å²) in [7, 11) is -3.98. The Kier molecular flexibility index (Phi) is 4.84. The summed E-state index contributed by atoms with van der Waals surface area (Å²) in [6.45, 7) is 4.50. The van der Waals surface area contributed by atoms with Crippen LogP contribution >= 0.6 is 0 Å². The highest BCUT2D eigenvalue weighted by molar-refractivity contribution is 7.89. The maximum atomic E-state index is 12.9. The molecule has 1 saturated heterocycles. The SMILES string of the molecule is Cc1ccc(S(=O)(=O)NC2CNCCC2C)cc1C(F)(F)F. The van der Waals surface area contributed by atoms with Crippen molar-refractivity contribution in [3.63, 3.8) is 0 Å². The van der Waals surface area contributed by atoms with Crippen LogP contribution < -0.4 is 10.0 Å². The van der Waals surface area contributed by atoms with Crippen molar-refractivity contribution in [2.45, 2.75) is 37.4 Å². The van der Waals surface area contributed by atoms with E-state index in [1.807, 2.05) is 6.92 Å². The lowest BCUT2D eigenvalue weighted by atomic mass is 9.96. The lowest BCUT2D eigenvalue weighted by Gasteiger charge is -2.30. The van der Waals surface area contributed by atoms with E-state index < -0.39 is 21.8 Å². The fourth-order valence-corrected chi connectivity index (χ4v) is 3.86. The van der Waals surface area contributed by atoms with Crippen LogP contribution in [0.3, 0.4) is 0 Å². The van der Waals surface area contributed by atoms with E-state index in [9.17, 15) is 21.6 Å². The van der Waals surface area contributed by atoms with Gasteiger partial charge in [0.25, 0.3) is 0 Å². The van der Waals surface area contributed by atoms with Gasteiger partial charge in [-0.15, -0.1) is 0 Å². The highest BCUT2D eigenvalue weighted by Gasteiger charge is 2.34. The van der Waals surface area contributed by atoms with Crippen LogP contribution in [0.15, 0.2) is 23.1 Å². The standard InChI is InChI=1S/C14H19F3N2O2S/c1-9-3-4-11(7-12(9)14(15,16)17)22(20,21)19-13-8-18-6-5-10(13)2/h3-4,7,10,13,18-19H,5-6,8H2,1-2H3. The predicted molar refractivity (Wildman–Crippen MR) is 76.9 cm³/mol. The molecule has 124 valence electrons. The molecule has 0 aliphatic carbocycles. The third-order valence-electron chi connectivity index (χ3n) is 3.96. The zero-order valence-electron chi connectivity index (χ0n) is 12.4. The smallest absolute Gasteiger partial charge is 0.315 e. The molecule has 2 unspecified atom stereocenters. The number of rotatable bonds is 3. The number of benzene rings is 1. The first-order chi connectivity index (χ1) is 10.1. The van der Waals surface area contributed by atoms with Gasteiger partial charge in [0.05, 0.1) is 10.5 Å². The van der Waals surface area contributed by atoms with Crippen molar-refractivity contribution in [2.24, 2.45) is 5.92 Å². The van der Waals surface area contributed by atoms with Crippen LogP contribution in [0.2, 0.25) is 0 Å². The summed E-state index contributed by atoms with van der Waals surface area (Å²) in [5, 5.41) is 3.08. The highest BCUT2D eigenvalue weighted by atomic mass is 32.2. The summed E-state index contributed by atoms with van der Waals surface area (Å²) < 4.78 is 65.9. The molecule has 1 aromatic rings. The highest BCUT2D eigenvalue weighted by Crippen LogP contribution is 2.33. The summed E-state index contributed by atoms with van der Waals surface area (Å²) in [6.07, 6.45) is -3.76. The van der Waals surface area contributed by atoms with Gasteiger partial charge in [-0.3, -0.25) is 0 Å². The maximum absolute atomic E-state index is 12.9. The molecule has 1 fully saturated rings. The lowest BCUT2D eigenvalue weighted by Crippen LogP contribution is -2.50. The van der Waals surface area contributed by atoms with Crippen molar-refractivity contribution < 1.29 is 21.6 Å². The van der Waals surface area contributed by atoms with Gasteiger partial charge < -0.3 is 5.32 Å². The molecule has 0 bridgehead atoms. The average molecular weight is 336 g/mol. The molecule has 4 nitrogen and oxygen atoms in total. The number of halogens is 3. The van der Waals surface area contributed by atoms with Crippen LogP contribution in [0, 0.1) is 12.8 Å². The molecule has 0 aromatic heterocycles. The van der Waals surface area contributed by atoms with Gasteiger partial charge in [-0.1, -0.05) is 13.0 Å². The minimum absolute atomic E-state index is 0.000786. The molecule has 22 heavy (non-hydrogen) atoms. The Morgan fingerprint density at radius 1 is 1.32 bits per heavy atom. The number of sulfonamides is 1. The summed E-state index contributed by atoms with van der Waals surface area (Å²) in [5.74, 6) is 0.128. The number of piperidine rings is 1. The molecule has 2 atom stereocenters. The summed E-state index contributed by atoms with van der Waals surface area (Å²) in [5.41, 5.74) is -0.927. The van der Waals surface area contributed by atoms with Crippen molar-refractivity contribution in [3.05, 3.63) is 29.3 Å². The Bertz CT molecular complexity index is 644. The molecule has 0 amide bonds. The van der Waals surface area contributed by atoms with E-state index in [4.69, 9.17) is 0 Å². The Balaban J connectivity index is 2.30. The third-order valence-corrected chi connectivity index (χ3v) is 5.45. The lowest BCUT2D eigenvalue weighted by molar-refractivity contribution is -0.138. The van der Waals surface area contributed by atoms with Crippen molar-refractivity contribution in [1.29, 1.82) is 0 Å². The second kappa shape index (κ2) is 6.17. The van der Waals surface area contributed by atoms with Crippen molar-refractivity contribution in [1.82, 2.24) is 10.0 Å². The Labute approximate surface area is 128 Å². The van der Waals surface area contributed by atoms with Gasteiger partial charge in [-0.25, -0.2) is 13.1 Å². The normalized spacial score (nSPS) is 23.5. The molecule has 2 rings (SSSR count). The zero-order chi connectivity index (χ0) is 16.5. The fourth-order valence-electron chi connectivity index (χ4n) is 2.49. The van der Waals surface area contributed by atoms with Gasteiger partial charge in [0, 0.05) is 12.6 Å². The van der Waals surface area contributed by atoms with E-state index in [1.54, 1.807) is 0 Å². The molecule has 0 radical (unpaired) electrons.